The Morgan fingerprint density at radius 1 is 1.06 bits per heavy atom. The van der Waals surface area contributed by atoms with Gasteiger partial charge in [0.2, 0.25) is 0 Å². The minimum atomic E-state index is -2.83. The molecule has 3 aliphatic carbocycles. The fourth-order valence-corrected chi connectivity index (χ4v) is 6.07. The summed E-state index contributed by atoms with van der Waals surface area (Å²) in [5.74, 6) is -9.73. The number of Topliss-reactive ketones (excluding diaryl/α,β-unsaturated/α-hetero) is 2. The molecule has 8 atom stereocenters. The van der Waals surface area contributed by atoms with Crippen LogP contribution in [-0.4, -0.2) is 91.0 Å². The third-order valence-corrected chi connectivity index (χ3v) is 7.48. The van der Waals surface area contributed by atoms with Crippen LogP contribution in [-0.2, 0) is 15.2 Å². The number of phenols is 1. The van der Waals surface area contributed by atoms with Crippen LogP contribution < -0.4 is 5.73 Å². The number of fused-ring (bicyclic) bond motifs is 3. The van der Waals surface area contributed by atoms with Gasteiger partial charge in [-0.3, -0.25) is 19.3 Å². The third-order valence-electron chi connectivity index (χ3n) is 7.48. The number of aromatic hydroxyl groups is 1. The van der Waals surface area contributed by atoms with E-state index in [1.807, 2.05) is 0 Å². The monoisotopic (exact) mass is 462 g/mol. The zero-order chi connectivity index (χ0) is 24.8. The molecule has 3 aliphatic rings. The number of aliphatic hydroxyl groups excluding tert-OH is 3. The van der Waals surface area contributed by atoms with Crippen molar-refractivity contribution in [3.05, 3.63) is 40.7 Å². The molecule has 1 fully saturated rings. The van der Waals surface area contributed by atoms with Gasteiger partial charge in [0.25, 0.3) is 5.91 Å². The number of amides is 1. The number of hydrogen-bond acceptors (Lipinski definition) is 10. The second-order valence-electron chi connectivity index (χ2n) is 9.41. The second kappa shape index (κ2) is 7.08. The minimum absolute atomic E-state index is 0.00608. The number of primary amides is 1. The Kier molecular flexibility index (Phi) is 5.01. The van der Waals surface area contributed by atoms with Crippen molar-refractivity contribution < 1.29 is 45.0 Å². The predicted octanol–water partition coefficient (Wildman–Crippen LogP) is -2.08. The molecule has 0 heterocycles. The number of aliphatic hydroxyl groups is 5. The lowest BCUT2D eigenvalue weighted by atomic mass is 9.49. The molecule has 4 rings (SSSR count). The van der Waals surface area contributed by atoms with Crippen LogP contribution in [0.25, 0.3) is 0 Å². The molecule has 1 aromatic carbocycles. The highest BCUT2D eigenvalue weighted by molar-refractivity contribution is 6.22. The summed E-state index contributed by atoms with van der Waals surface area (Å²) >= 11 is 0. The summed E-state index contributed by atoms with van der Waals surface area (Å²) in [4.78, 5) is 39.7. The number of hydrogen-bond donors (Lipinski definition) is 7. The Morgan fingerprint density at radius 2 is 1.67 bits per heavy atom. The van der Waals surface area contributed by atoms with Crippen molar-refractivity contribution in [2.75, 3.05) is 14.1 Å². The molecule has 0 radical (unpaired) electrons. The molecule has 1 aromatic rings. The number of likely N-dealkylation sites (N-methyl/N-ethyl adjacent to an activating group) is 1. The van der Waals surface area contributed by atoms with Crippen LogP contribution in [0.4, 0.5) is 0 Å². The van der Waals surface area contributed by atoms with Crippen LogP contribution in [0, 0.1) is 17.8 Å². The SMILES string of the molecule is CN(C)[C@H]1C(=O)C(C(N)=O)=C(O)[C@@]2(O)C(O)C3C(=O)c4c(O)cccc4[C@](C)(O)[C@@H]3[C@@H](O)[C@H]12. The highest BCUT2D eigenvalue weighted by Crippen LogP contribution is 2.57. The molecule has 0 aliphatic heterocycles. The summed E-state index contributed by atoms with van der Waals surface area (Å²) in [6, 6.07) is 2.57. The highest BCUT2D eigenvalue weighted by atomic mass is 16.4. The fourth-order valence-electron chi connectivity index (χ4n) is 6.07. The normalized spacial score (nSPS) is 40.4. The first-order chi connectivity index (χ1) is 15.2. The van der Waals surface area contributed by atoms with E-state index in [0.29, 0.717) is 0 Å². The molecule has 0 bridgehead atoms. The zero-order valence-electron chi connectivity index (χ0n) is 18.1. The van der Waals surface area contributed by atoms with Gasteiger partial charge in [0.15, 0.2) is 17.2 Å². The Bertz CT molecular complexity index is 1110. The van der Waals surface area contributed by atoms with Crippen LogP contribution in [0.3, 0.4) is 0 Å². The van der Waals surface area contributed by atoms with E-state index in [1.54, 1.807) is 0 Å². The van der Waals surface area contributed by atoms with Crippen molar-refractivity contribution in [3.8, 4) is 5.75 Å². The molecule has 0 aromatic heterocycles. The van der Waals surface area contributed by atoms with Gasteiger partial charge in [-0.25, -0.2) is 0 Å². The van der Waals surface area contributed by atoms with E-state index in [4.69, 9.17) is 5.73 Å². The maximum atomic E-state index is 13.4. The van der Waals surface area contributed by atoms with Gasteiger partial charge in [-0.05, 0) is 32.6 Å². The number of carbonyl (C=O) groups excluding carboxylic acids is 3. The zero-order valence-corrected chi connectivity index (χ0v) is 18.1. The number of nitrogens with two attached hydrogens (primary N) is 1. The molecule has 11 heteroatoms. The standard InChI is InChI=1S/C22H26N2O9/c1-21(32)7-5-4-6-8(25)9(7)15(26)10-12(21)17(28)13-14(24(2)3)16(27)11(20(23)31)19(30)22(13,33)18(10)29/h4-6,10,12-14,17-18,25,28-30,32-33H,1-3H3,(H2,23,31)/t10?,12-,13-,14+,17+,18?,21-,22-/m0/s1. The first-order valence-corrected chi connectivity index (χ1v) is 10.3. The fraction of sp³-hybridized carbons (Fsp3) is 0.500. The summed E-state index contributed by atoms with van der Waals surface area (Å²) in [5.41, 5.74) is -0.797. The molecule has 1 amide bonds. The molecule has 8 N–H and O–H groups in total. The molecular formula is C22H26N2O9. The number of rotatable bonds is 2. The Balaban J connectivity index is 2.04. The van der Waals surface area contributed by atoms with Crippen molar-refractivity contribution in [1.29, 1.82) is 0 Å². The minimum Gasteiger partial charge on any atom is -0.508 e. The van der Waals surface area contributed by atoms with Crippen molar-refractivity contribution in [2.45, 2.75) is 36.4 Å². The molecule has 0 spiro atoms. The predicted molar refractivity (Wildman–Crippen MR) is 111 cm³/mol. The number of carbonyl (C=O) groups is 3. The third kappa shape index (κ3) is 2.71. The van der Waals surface area contributed by atoms with E-state index >= 15 is 0 Å². The van der Waals surface area contributed by atoms with E-state index in [9.17, 15) is 45.0 Å². The smallest absolute Gasteiger partial charge is 0.255 e. The van der Waals surface area contributed by atoms with Crippen molar-refractivity contribution in [2.24, 2.45) is 23.5 Å². The van der Waals surface area contributed by atoms with Crippen LogP contribution in [0.1, 0.15) is 22.8 Å². The van der Waals surface area contributed by atoms with Crippen LogP contribution in [0.5, 0.6) is 5.75 Å². The van der Waals surface area contributed by atoms with Gasteiger partial charge in [0, 0.05) is 11.8 Å². The van der Waals surface area contributed by atoms with E-state index in [0.717, 1.165) is 0 Å². The number of benzene rings is 1. The van der Waals surface area contributed by atoms with Gasteiger partial charge in [-0.2, -0.15) is 0 Å². The highest BCUT2D eigenvalue weighted by Gasteiger charge is 2.72. The van der Waals surface area contributed by atoms with Gasteiger partial charge in [-0.1, -0.05) is 12.1 Å². The summed E-state index contributed by atoms with van der Waals surface area (Å²) in [5, 5.41) is 66.9. The van der Waals surface area contributed by atoms with E-state index in [1.165, 1.54) is 44.1 Å². The van der Waals surface area contributed by atoms with Gasteiger partial charge >= 0.3 is 0 Å². The molecule has 1 saturated carbocycles. The van der Waals surface area contributed by atoms with Gasteiger partial charge in [-0.15, -0.1) is 0 Å². The maximum absolute atomic E-state index is 13.4. The van der Waals surface area contributed by atoms with Crippen molar-refractivity contribution >= 4 is 17.5 Å². The second-order valence-corrected chi connectivity index (χ2v) is 9.41. The number of nitrogens with zero attached hydrogens (tertiary/aromatic N) is 1. The number of phenolic OH excluding ortho intramolecular Hbond substituents is 1. The molecule has 11 nitrogen and oxygen atoms in total. The topological polar surface area (TPSA) is 202 Å². The molecule has 2 unspecified atom stereocenters. The van der Waals surface area contributed by atoms with Gasteiger partial charge in [0.1, 0.15) is 23.2 Å². The summed E-state index contributed by atoms with van der Waals surface area (Å²) in [6.45, 7) is 1.29. The first-order valence-electron chi connectivity index (χ1n) is 10.3. The van der Waals surface area contributed by atoms with Crippen LogP contribution in [0.2, 0.25) is 0 Å². The summed E-state index contributed by atoms with van der Waals surface area (Å²) in [7, 11) is 2.85. The van der Waals surface area contributed by atoms with Crippen molar-refractivity contribution in [1.82, 2.24) is 4.90 Å². The summed E-state index contributed by atoms with van der Waals surface area (Å²) < 4.78 is 0. The molecule has 33 heavy (non-hydrogen) atoms. The van der Waals surface area contributed by atoms with E-state index in [-0.39, 0.29) is 11.1 Å². The lowest BCUT2D eigenvalue weighted by molar-refractivity contribution is -0.245. The lowest BCUT2D eigenvalue weighted by Crippen LogP contribution is -2.76. The van der Waals surface area contributed by atoms with Crippen LogP contribution in [0.15, 0.2) is 29.5 Å². The van der Waals surface area contributed by atoms with Gasteiger partial charge in [0.05, 0.1) is 29.2 Å². The first kappa shape index (κ1) is 23.3. The van der Waals surface area contributed by atoms with E-state index < -0.39 is 81.8 Å². The van der Waals surface area contributed by atoms with E-state index in [2.05, 4.69) is 0 Å². The molecule has 178 valence electrons. The lowest BCUT2D eigenvalue weighted by Gasteiger charge is -2.60. The molecule has 0 saturated heterocycles. The summed E-state index contributed by atoms with van der Waals surface area (Å²) in [6.07, 6.45) is -3.99. The largest absolute Gasteiger partial charge is 0.508 e. The Morgan fingerprint density at radius 3 is 2.21 bits per heavy atom. The van der Waals surface area contributed by atoms with Crippen LogP contribution >= 0.6 is 0 Å². The number of ketones is 2. The molecular weight excluding hydrogens is 436 g/mol. The van der Waals surface area contributed by atoms with Gasteiger partial charge < -0.3 is 36.4 Å². The quantitative estimate of drug-likeness (QED) is 0.239. The van der Waals surface area contributed by atoms with Crippen molar-refractivity contribution in [3.63, 3.8) is 0 Å². The maximum Gasteiger partial charge on any atom is 0.255 e. The Labute approximate surface area is 188 Å². The average molecular weight is 462 g/mol. The Hall–Kier alpha value is -2.83. The average Bonchev–Trinajstić information content (AvgIpc) is 2.70.